The molecule has 1 saturated carbocycles. The topological polar surface area (TPSA) is 441 Å². The van der Waals surface area contributed by atoms with Crippen LogP contribution in [-0.4, -0.2) is 185 Å². The Kier molecular flexibility index (Phi) is 14.7. The number of carboxylic acids is 1. The number of esters is 1. The molecule has 2 aromatic heterocycles. The Hall–Kier alpha value is -7.90. The number of rotatable bonds is 11. The molecule has 0 amide bonds. The Morgan fingerprint density at radius 2 is 1.67 bits per heavy atom. The molecule has 0 radical (unpaired) electrons. The fourth-order valence-corrected chi connectivity index (χ4v) is 15.2. The number of aromatic nitrogens is 1. The fourth-order valence-electron chi connectivity index (χ4n) is 15.2. The van der Waals surface area contributed by atoms with Crippen LogP contribution in [-0.2, 0) is 41.4 Å². The molecule has 26 heteroatoms. The van der Waals surface area contributed by atoms with Crippen LogP contribution in [0.1, 0.15) is 86.1 Å². The van der Waals surface area contributed by atoms with Gasteiger partial charge in [-0.2, -0.15) is 0 Å². The molecule has 474 valence electrons. The van der Waals surface area contributed by atoms with Gasteiger partial charge >= 0.3 is 11.9 Å². The van der Waals surface area contributed by atoms with E-state index in [0.29, 0.717) is 23.3 Å². The lowest BCUT2D eigenvalue weighted by molar-refractivity contribution is -0.435. The van der Waals surface area contributed by atoms with Gasteiger partial charge in [0.2, 0.25) is 17.2 Å². The molecular weight excluding hydrogens is 1180 g/mol. The fraction of sp³-hybridized carbons (Fsp3) is 0.469. The van der Waals surface area contributed by atoms with E-state index in [1.54, 1.807) is 18.5 Å². The van der Waals surface area contributed by atoms with Gasteiger partial charge in [0.1, 0.15) is 47.0 Å². The summed E-state index contributed by atoms with van der Waals surface area (Å²) in [6, 6.07) is 6.26. The van der Waals surface area contributed by atoms with E-state index in [1.807, 2.05) is 6.08 Å². The number of hydrogen-bond donors (Lipinski definition) is 17. The van der Waals surface area contributed by atoms with Gasteiger partial charge in [-0.05, 0) is 79.2 Å². The number of ketones is 1. The lowest BCUT2D eigenvalue weighted by Gasteiger charge is -2.62. The molecule has 9 heterocycles. The van der Waals surface area contributed by atoms with Crippen LogP contribution in [0.5, 0.6) is 23.0 Å². The summed E-state index contributed by atoms with van der Waals surface area (Å²) in [5.41, 5.74) is -12.5. The van der Waals surface area contributed by atoms with Crippen LogP contribution in [0, 0.1) is 40.9 Å². The predicted octanol–water partition coefficient (Wildman–Crippen LogP) is -0.541. The number of aromatic amines is 1. The third-order valence-corrected chi connectivity index (χ3v) is 19.7. The number of carboxylic acid groups (broad SMARTS) is 1. The molecule has 26 nitrogen and oxygen atoms in total. The van der Waals surface area contributed by atoms with Gasteiger partial charge in [0.25, 0.3) is 11.4 Å². The van der Waals surface area contributed by atoms with E-state index in [2.05, 4.69) is 51.5 Å². The largest absolute Gasteiger partial charge is 0.507 e. The van der Waals surface area contributed by atoms with Crippen molar-refractivity contribution in [1.29, 1.82) is 0 Å². The highest BCUT2D eigenvalue weighted by atomic mass is 16.8. The van der Waals surface area contributed by atoms with E-state index < -0.39 is 178 Å². The summed E-state index contributed by atoms with van der Waals surface area (Å²) in [4.78, 5) is 61.1. The van der Waals surface area contributed by atoms with Crippen molar-refractivity contribution in [3.05, 3.63) is 116 Å². The number of aliphatic hydroxyl groups is 10. The van der Waals surface area contributed by atoms with Gasteiger partial charge in [-0.25, -0.2) is 9.59 Å². The monoisotopic (exact) mass is 1240 g/mol. The molecule has 2 aromatic carbocycles. The predicted molar refractivity (Wildman–Crippen MR) is 307 cm³/mol. The van der Waals surface area contributed by atoms with Crippen molar-refractivity contribution < 1.29 is 109 Å². The molecule has 4 aromatic rings. The summed E-state index contributed by atoms with van der Waals surface area (Å²) >= 11 is 0. The van der Waals surface area contributed by atoms with Crippen molar-refractivity contribution in [1.82, 2.24) is 15.6 Å². The second kappa shape index (κ2) is 21.6. The van der Waals surface area contributed by atoms with Crippen LogP contribution in [0.3, 0.4) is 0 Å². The number of aliphatic hydroxyl groups excluding tert-OH is 7. The van der Waals surface area contributed by atoms with E-state index in [4.69, 9.17) is 23.4 Å². The molecule has 3 saturated heterocycles. The minimum atomic E-state index is -4.12. The number of fused-ring (bicyclic) bond motifs is 9. The van der Waals surface area contributed by atoms with Crippen molar-refractivity contribution in [2.75, 3.05) is 19.8 Å². The molecule has 6 bridgehead atoms. The number of ether oxygens (including phenoxy) is 4. The molecule has 3 aliphatic carbocycles. The smallest absolute Gasteiger partial charge is 0.354 e. The Balaban J connectivity index is 1.10. The van der Waals surface area contributed by atoms with Crippen LogP contribution in [0.4, 0.5) is 0 Å². The number of H-pyrrole nitrogens is 1. The lowest BCUT2D eigenvalue weighted by Crippen LogP contribution is -2.84. The van der Waals surface area contributed by atoms with Gasteiger partial charge in [-0.1, -0.05) is 54.9 Å². The van der Waals surface area contributed by atoms with Crippen LogP contribution in [0.2, 0.25) is 0 Å². The standard InChI is InChI=1S/C64H65N3O23/c68-16-9-33-18-34(21-43(73)49(33)74)44-24-42(72)48-45(86-44)25-46-47(50(48)75)39(35-20-40-32-5-3-6-37(19-32)67-55(40)66-27-35)22-36-23-41-31(8-15-65-41)7-14-58(10-1-2-11-58)63(83)53(78)52(77)62(36,87-46)90-60(63)13-4-12-59(56(80)81)64(84,85)54(79)51(76)61(89-59,88-57(60)82)26-30(28-69)17-38(71)29-70/h3,6,8,15,18,20-22,24-25,27,30,32,37,39,51-55,65-70,73-79,83-85H,1-2,5,9-11,13,16-17,19,23,26,28-29H2,(H,80,81). The van der Waals surface area contributed by atoms with E-state index in [9.17, 15) is 85.9 Å². The second-order valence-electron chi connectivity index (χ2n) is 24.9. The van der Waals surface area contributed by atoms with E-state index >= 15 is 4.79 Å². The Bertz CT molecular complexity index is 4020. The zero-order valence-electron chi connectivity index (χ0n) is 47.9. The quantitative estimate of drug-likeness (QED) is 0.0295. The Morgan fingerprint density at radius 1 is 0.889 bits per heavy atom. The first kappa shape index (κ1) is 61.0. The number of carbonyl (C=O) groups is 3. The average Bonchev–Trinajstić information content (AvgIpc) is 1.20. The maximum atomic E-state index is 16.6. The zero-order chi connectivity index (χ0) is 63.8. The number of piperidine rings is 1. The van der Waals surface area contributed by atoms with Crippen molar-refractivity contribution in [2.45, 2.75) is 147 Å². The van der Waals surface area contributed by atoms with Gasteiger partial charge in [0.15, 0.2) is 40.5 Å². The number of nitrogens with one attached hydrogen (secondary N) is 3. The van der Waals surface area contributed by atoms with Gasteiger partial charge < -0.3 is 105 Å². The minimum absolute atomic E-state index is 0.000749. The number of phenols is 3. The SMILES string of the molecule is O=C(CO)CC(CO)CC12OC(=O)C3(CC#CC(C(=O)O)(O1)C(O)(O)C(O)C2O)OC12Oc4cc5oc(-c6cc(O)c(O)c(CCO)c6)cc(=O)c5c(O)c4C(C4=CNC5NC6C=CCC(C6)C5=C4)C=C1Cc1[nH]ccc1C#CC1(CCCC1)C3(O)C(O)C2O. The lowest BCUT2D eigenvalue weighted by atomic mass is 9.55. The highest BCUT2D eigenvalue weighted by Crippen LogP contribution is 2.63. The first-order valence-electron chi connectivity index (χ1n) is 29.6. The summed E-state index contributed by atoms with van der Waals surface area (Å²) < 4.78 is 33.0. The van der Waals surface area contributed by atoms with Crippen LogP contribution in [0.15, 0.2) is 93.0 Å². The van der Waals surface area contributed by atoms with Crippen LogP contribution in [0.25, 0.3) is 22.3 Å². The minimum Gasteiger partial charge on any atom is -0.507 e. The Labute approximate surface area is 510 Å². The summed E-state index contributed by atoms with van der Waals surface area (Å²) in [5, 5.41) is 171. The zero-order valence-corrected chi connectivity index (χ0v) is 47.9. The normalized spacial score (nSPS) is 34.3. The van der Waals surface area contributed by atoms with Crippen LogP contribution >= 0.6 is 0 Å². The number of allylic oxidation sites excluding steroid dienone is 4. The molecule has 4 fully saturated rings. The highest BCUT2D eigenvalue weighted by molar-refractivity contribution is 5.90. The van der Waals surface area contributed by atoms with Gasteiger partial charge in [0.05, 0.1) is 18.0 Å². The molecule has 3 spiro atoms. The number of benzene rings is 2. The highest BCUT2D eigenvalue weighted by Gasteiger charge is 2.82. The summed E-state index contributed by atoms with van der Waals surface area (Å²) in [5.74, 6) is -10.8. The summed E-state index contributed by atoms with van der Waals surface area (Å²) in [6.45, 7) is -2.62. The summed E-state index contributed by atoms with van der Waals surface area (Å²) in [6.07, 6.45) is -3.46. The third kappa shape index (κ3) is 8.77. The number of dihydropyridines is 1. The van der Waals surface area contributed by atoms with Gasteiger partial charge in [-0.15, -0.1) is 0 Å². The molecule has 90 heavy (non-hydrogen) atoms. The van der Waals surface area contributed by atoms with Crippen molar-refractivity contribution >= 4 is 28.7 Å². The van der Waals surface area contributed by atoms with Gasteiger partial charge in [-0.3, -0.25) is 14.9 Å². The van der Waals surface area contributed by atoms with Crippen molar-refractivity contribution in [3.8, 4) is 58.0 Å². The molecule has 7 aliphatic heterocycles. The first-order valence-corrected chi connectivity index (χ1v) is 29.6. The maximum Gasteiger partial charge on any atom is 0.354 e. The molecule has 10 aliphatic rings. The summed E-state index contributed by atoms with van der Waals surface area (Å²) in [7, 11) is 0. The van der Waals surface area contributed by atoms with E-state index in [1.165, 1.54) is 12.1 Å². The molecule has 14 atom stereocenters. The number of Topliss-reactive ketones (excluding diaryl/α,β-unsaturated/α-hetero) is 1. The molecule has 14 unspecified atom stereocenters. The first-order chi connectivity index (χ1) is 42.9. The number of aromatic hydroxyl groups is 3. The second-order valence-corrected chi connectivity index (χ2v) is 24.9. The third-order valence-electron chi connectivity index (χ3n) is 19.7. The number of carbonyl (C=O) groups excluding carboxylic acids is 2. The average molecular weight is 1240 g/mol. The van der Waals surface area contributed by atoms with E-state index in [0.717, 1.165) is 30.2 Å². The van der Waals surface area contributed by atoms with Crippen molar-refractivity contribution in [3.63, 3.8) is 0 Å². The van der Waals surface area contributed by atoms with Gasteiger partial charge in [0, 0.05) is 102 Å². The molecule has 17 N–H and O–H groups in total. The van der Waals surface area contributed by atoms with Crippen LogP contribution < -0.4 is 20.8 Å². The van der Waals surface area contributed by atoms with E-state index in [-0.39, 0.29) is 78.3 Å². The number of phenolic OH excluding ortho intramolecular Hbond substituents is 3. The maximum absolute atomic E-state index is 16.6. The molecular formula is C64H65N3O23. The Morgan fingerprint density at radius 3 is 2.40 bits per heavy atom. The number of hydrogen-bond acceptors (Lipinski definition) is 24. The number of aliphatic carboxylic acids is 1. The van der Waals surface area contributed by atoms with Crippen molar-refractivity contribution in [2.24, 2.45) is 17.3 Å². The molecule has 14 rings (SSSR count).